The highest BCUT2D eigenvalue weighted by Crippen LogP contribution is 2.14. The van der Waals surface area contributed by atoms with Crippen molar-refractivity contribution in [1.82, 2.24) is 5.32 Å². The molecule has 1 amide bonds. The molecule has 0 radical (unpaired) electrons. The fraction of sp³-hybridized carbons (Fsp3) is 0.235. The average Bonchev–Trinajstić information content (AvgIpc) is 2.50. The van der Waals surface area contributed by atoms with E-state index >= 15 is 0 Å². The Morgan fingerprint density at radius 2 is 1.95 bits per heavy atom. The van der Waals surface area contributed by atoms with E-state index in [0.29, 0.717) is 12.0 Å². The number of carbonyl (C=O) groups is 1. The van der Waals surface area contributed by atoms with Gasteiger partial charge < -0.3 is 10.4 Å². The summed E-state index contributed by atoms with van der Waals surface area (Å²) in [5, 5.41) is 12.4. The number of hydrogen-bond donors (Lipinski definition) is 3. The number of nitrogens with one attached hydrogen (secondary N) is 1. The van der Waals surface area contributed by atoms with E-state index in [0.717, 1.165) is 16.0 Å². The minimum absolute atomic E-state index is 0.0970. The van der Waals surface area contributed by atoms with Crippen molar-refractivity contribution in [2.45, 2.75) is 24.3 Å². The van der Waals surface area contributed by atoms with Crippen molar-refractivity contribution in [2.75, 3.05) is 6.61 Å². The van der Waals surface area contributed by atoms with Crippen molar-refractivity contribution >= 4 is 18.5 Å². The van der Waals surface area contributed by atoms with E-state index in [2.05, 4.69) is 17.9 Å². The van der Waals surface area contributed by atoms with Gasteiger partial charge in [0.15, 0.2) is 0 Å². The molecule has 0 heterocycles. The Hall–Kier alpha value is -1.78. The first-order valence-corrected chi connectivity index (χ1v) is 7.30. The van der Waals surface area contributed by atoms with Gasteiger partial charge in [0.2, 0.25) is 0 Å². The van der Waals surface area contributed by atoms with Gasteiger partial charge >= 0.3 is 0 Å². The largest absolute Gasteiger partial charge is 0.394 e. The average molecular weight is 301 g/mol. The number of carbonyl (C=O) groups excluding carboxylic acids is 1. The molecule has 1 unspecified atom stereocenters. The second-order valence-corrected chi connectivity index (χ2v) is 5.56. The number of rotatable bonds is 5. The molecule has 0 aliphatic rings. The quantitative estimate of drug-likeness (QED) is 0.744. The standard InChI is InChI=1S/C17H19NO2S/c1-12-7-8-15(21)10-16(12)17(20)18-14(11-19)9-13-5-3-2-4-6-13/h2-8,10,14,19,21H,9,11H2,1H3,(H,18,20). The zero-order valence-corrected chi connectivity index (χ0v) is 12.8. The maximum atomic E-state index is 12.3. The zero-order chi connectivity index (χ0) is 15.2. The molecular weight excluding hydrogens is 282 g/mol. The van der Waals surface area contributed by atoms with Crippen LogP contribution in [0.4, 0.5) is 0 Å². The molecule has 110 valence electrons. The maximum Gasteiger partial charge on any atom is 0.251 e. The van der Waals surface area contributed by atoms with Gasteiger partial charge in [0, 0.05) is 10.5 Å². The number of thiol groups is 1. The highest BCUT2D eigenvalue weighted by atomic mass is 32.1. The number of benzene rings is 2. The van der Waals surface area contributed by atoms with Crippen molar-refractivity contribution in [2.24, 2.45) is 0 Å². The summed E-state index contributed by atoms with van der Waals surface area (Å²) in [6, 6.07) is 14.9. The van der Waals surface area contributed by atoms with E-state index in [1.807, 2.05) is 49.4 Å². The lowest BCUT2D eigenvalue weighted by Crippen LogP contribution is -2.39. The molecule has 3 nitrogen and oxygen atoms in total. The van der Waals surface area contributed by atoms with Gasteiger partial charge in [-0.25, -0.2) is 0 Å². The lowest BCUT2D eigenvalue weighted by atomic mass is 10.0. The highest BCUT2D eigenvalue weighted by Gasteiger charge is 2.15. The summed E-state index contributed by atoms with van der Waals surface area (Å²) in [5.74, 6) is -0.182. The van der Waals surface area contributed by atoms with Gasteiger partial charge in [0.25, 0.3) is 5.91 Å². The van der Waals surface area contributed by atoms with Crippen molar-refractivity contribution in [3.8, 4) is 0 Å². The van der Waals surface area contributed by atoms with Crippen LogP contribution in [0.5, 0.6) is 0 Å². The van der Waals surface area contributed by atoms with E-state index in [4.69, 9.17) is 0 Å². The second-order valence-electron chi connectivity index (χ2n) is 5.04. The molecule has 21 heavy (non-hydrogen) atoms. The van der Waals surface area contributed by atoms with Gasteiger partial charge in [0.1, 0.15) is 0 Å². The summed E-state index contributed by atoms with van der Waals surface area (Å²) in [5.41, 5.74) is 2.56. The first kappa shape index (κ1) is 15.6. The molecule has 0 aliphatic carbocycles. The Labute approximate surface area is 130 Å². The third-order valence-electron chi connectivity index (χ3n) is 3.35. The summed E-state index contributed by atoms with van der Waals surface area (Å²) in [6.45, 7) is 1.79. The fourth-order valence-corrected chi connectivity index (χ4v) is 2.38. The summed E-state index contributed by atoms with van der Waals surface area (Å²) < 4.78 is 0. The van der Waals surface area contributed by atoms with Crippen LogP contribution >= 0.6 is 12.6 Å². The number of aryl methyl sites for hydroxylation is 1. The molecule has 0 bridgehead atoms. The van der Waals surface area contributed by atoms with Gasteiger partial charge in [-0.3, -0.25) is 4.79 Å². The predicted molar refractivity (Wildman–Crippen MR) is 86.9 cm³/mol. The Kier molecular flexibility index (Phi) is 5.42. The van der Waals surface area contributed by atoms with Crippen molar-refractivity contribution in [3.63, 3.8) is 0 Å². The smallest absolute Gasteiger partial charge is 0.251 e. The third kappa shape index (κ3) is 4.34. The van der Waals surface area contributed by atoms with E-state index in [9.17, 15) is 9.90 Å². The predicted octanol–water partition coefficient (Wildman–Crippen LogP) is 2.62. The van der Waals surface area contributed by atoms with Crippen molar-refractivity contribution < 1.29 is 9.90 Å². The number of hydrogen-bond acceptors (Lipinski definition) is 3. The van der Waals surface area contributed by atoms with Crippen LogP contribution in [0.3, 0.4) is 0 Å². The van der Waals surface area contributed by atoms with Crippen LogP contribution in [0, 0.1) is 6.92 Å². The fourth-order valence-electron chi connectivity index (χ4n) is 2.18. The van der Waals surface area contributed by atoms with Crippen LogP contribution in [0.2, 0.25) is 0 Å². The maximum absolute atomic E-state index is 12.3. The van der Waals surface area contributed by atoms with E-state index in [1.54, 1.807) is 6.07 Å². The number of aliphatic hydroxyl groups excluding tert-OH is 1. The van der Waals surface area contributed by atoms with Gasteiger partial charge in [-0.15, -0.1) is 12.6 Å². The molecule has 2 N–H and O–H groups in total. The lowest BCUT2D eigenvalue weighted by Gasteiger charge is -2.17. The van der Waals surface area contributed by atoms with E-state index in [-0.39, 0.29) is 18.6 Å². The van der Waals surface area contributed by atoms with E-state index in [1.165, 1.54) is 0 Å². The molecule has 2 rings (SSSR count). The molecule has 2 aromatic carbocycles. The third-order valence-corrected chi connectivity index (χ3v) is 3.62. The van der Waals surface area contributed by atoms with Gasteiger partial charge in [-0.2, -0.15) is 0 Å². The minimum Gasteiger partial charge on any atom is -0.394 e. The monoisotopic (exact) mass is 301 g/mol. The van der Waals surface area contributed by atoms with Crippen LogP contribution in [-0.4, -0.2) is 23.7 Å². The topological polar surface area (TPSA) is 49.3 Å². The molecule has 4 heteroatoms. The molecule has 0 aromatic heterocycles. The molecule has 2 aromatic rings. The molecule has 0 saturated carbocycles. The summed E-state index contributed by atoms with van der Waals surface area (Å²) >= 11 is 4.26. The number of amides is 1. The summed E-state index contributed by atoms with van der Waals surface area (Å²) in [6.07, 6.45) is 0.600. The Morgan fingerprint density at radius 1 is 1.24 bits per heavy atom. The summed E-state index contributed by atoms with van der Waals surface area (Å²) in [7, 11) is 0. The van der Waals surface area contributed by atoms with Crippen LogP contribution in [0.25, 0.3) is 0 Å². The molecule has 0 spiro atoms. The molecule has 0 aliphatic heterocycles. The zero-order valence-electron chi connectivity index (χ0n) is 11.9. The van der Waals surface area contributed by atoms with Crippen molar-refractivity contribution in [1.29, 1.82) is 0 Å². The molecule has 0 fully saturated rings. The van der Waals surface area contributed by atoms with Gasteiger partial charge in [-0.1, -0.05) is 36.4 Å². The van der Waals surface area contributed by atoms with Crippen LogP contribution in [0.1, 0.15) is 21.5 Å². The number of aliphatic hydroxyl groups is 1. The summed E-state index contributed by atoms with van der Waals surface area (Å²) in [4.78, 5) is 13.1. The molecular formula is C17H19NO2S. The van der Waals surface area contributed by atoms with Crippen LogP contribution in [-0.2, 0) is 6.42 Å². The second kappa shape index (κ2) is 7.29. The Morgan fingerprint density at radius 3 is 2.62 bits per heavy atom. The van der Waals surface area contributed by atoms with Crippen molar-refractivity contribution in [3.05, 3.63) is 65.2 Å². The van der Waals surface area contributed by atoms with Gasteiger partial charge in [0.05, 0.1) is 12.6 Å². The highest BCUT2D eigenvalue weighted by molar-refractivity contribution is 7.80. The first-order valence-electron chi connectivity index (χ1n) is 6.85. The minimum atomic E-state index is -0.303. The van der Waals surface area contributed by atoms with Crippen LogP contribution < -0.4 is 5.32 Å². The van der Waals surface area contributed by atoms with Gasteiger partial charge in [-0.05, 0) is 36.6 Å². The SMILES string of the molecule is Cc1ccc(S)cc1C(=O)NC(CO)Cc1ccccc1. The Bertz CT molecular complexity index is 613. The Balaban J connectivity index is 2.07. The molecule has 0 saturated heterocycles. The van der Waals surface area contributed by atoms with Crippen LogP contribution in [0.15, 0.2) is 53.4 Å². The van der Waals surface area contributed by atoms with E-state index < -0.39 is 0 Å². The lowest BCUT2D eigenvalue weighted by molar-refractivity contribution is 0.0915. The molecule has 1 atom stereocenters. The normalized spacial score (nSPS) is 12.0. The first-order chi connectivity index (χ1) is 10.1.